The lowest BCUT2D eigenvalue weighted by molar-refractivity contribution is -0.146. The molecule has 0 radical (unpaired) electrons. The second-order valence-corrected chi connectivity index (χ2v) is 6.05. The lowest BCUT2D eigenvalue weighted by Gasteiger charge is -2.42. The standard InChI is InChI=1S/C15H27NO2/c1-2-5-12-7-9-13(10-8-12)16-11-4-3-6-14(16)15(17)18/h12-14H,2-11H2,1H3,(H,17,18). The Balaban J connectivity index is 1.88. The van der Waals surface area contributed by atoms with Crippen LogP contribution in [0.15, 0.2) is 0 Å². The van der Waals surface area contributed by atoms with Gasteiger partial charge in [-0.3, -0.25) is 9.69 Å². The Labute approximate surface area is 111 Å². The molecule has 0 spiro atoms. The summed E-state index contributed by atoms with van der Waals surface area (Å²) in [6.45, 7) is 3.26. The van der Waals surface area contributed by atoms with E-state index in [1.54, 1.807) is 0 Å². The summed E-state index contributed by atoms with van der Waals surface area (Å²) in [7, 11) is 0. The molecule has 1 N–H and O–H groups in total. The normalized spacial score (nSPS) is 34.4. The largest absolute Gasteiger partial charge is 0.480 e. The molecule has 0 aromatic rings. The molecule has 3 heteroatoms. The monoisotopic (exact) mass is 253 g/mol. The van der Waals surface area contributed by atoms with E-state index in [2.05, 4.69) is 11.8 Å². The van der Waals surface area contributed by atoms with Gasteiger partial charge in [0.2, 0.25) is 0 Å². The zero-order valence-corrected chi connectivity index (χ0v) is 11.6. The first-order valence-corrected chi connectivity index (χ1v) is 7.71. The number of carboxylic acid groups (broad SMARTS) is 1. The van der Waals surface area contributed by atoms with E-state index < -0.39 is 5.97 Å². The maximum Gasteiger partial charge on any atom is 0.320 e. The van der Waals surface area contributed by atoms with E-state index in [4.69, 9.17) is 0 Å². The molecule has 0 amide bonds. The molecule has 2 fully saturated rings. The summed E-state index contributed by atoms with van der Waals surface area (Å²) >= 11 is 0. The molecule has 1 saturated heterocycles. The molecule has 0 bridgehead atoms. The Morgan fingerprint density at radius 3 is 2.50 bits per heavy atom. The number of likely N-dealkylation sites (tertiary alicyclic amines) is 1. The highest BCUT2D eigenvalue weighted by atomic mass is 16.4. The van der Waals surface area contributed by atoms with E-state index in [0.717, 1.165) is 25.3 Å². The van der Waals surface area contributed by atoms with Crippen molar-refractivity contribution in [2.75, 3.05) is 6.54 Å². The summed E-state index contributed by atoms with van der Waals surface area (Å²) in [4.78, 5) is 13.6. The van der Waals surface area contributed by atoms with Gasteiger partial charge in [-0.1, -0.05) is 26.2 Å². The van der Waals surface area contributed by atoms with Gasteiger partial charge in [-0.15, -0.1) is 0 Å². The zero-order chi connectivity index (χ0) is 13.0. The molecule has 1 aliphatic heterocycles. The molecule has 2 aliphatic rings. The van der Waals surface area contributed by atoms with E-state index in [0.29, 0.717) is 6.04 Å². The lowest BCUT2D eigenvalue weighted by Crippen LogP contribution is -2.51. The van der Waals surface area contributed by atoms with Crippen LogP contribution in [0.3, 0.4) is 0 Å². The molecule has 1 unspecified atom stereocenters. The average Bonchev–Trinajstić information content (AvgIpc) is 2.40. The number of nitrogens with zero attached hydrogens (tertiary/aromatic N) is 1. The van der Waals surface area contributed by atoms with Crippen LogP contribution in [0.5, 0.6) is 0 Å². The first kappa shape index (κ1) is 13.9. The van der Waals surface area contributed by atoms with Crippen molar-refractivity contribution in [1.29, 1.82) is 0 Å². The highest BCUT2D eigenvalue weighted by Gasteiger charge is 2.35. The van der Waals surface area contributed by atoms with E-state index >= 15 is 0 Å². The van der Waals surface area contributed by atoms with Gasteiger partial charge in [-0.05, 0) is 51.0 Å². The minimum Gasteiger partial charge on any atom is -0.480 e. The number of hydrogen-bond donors (Lipinski definition) is 1. The van der Waals surface area contributed by atoms with Crippen LogP contribution >= 0.6 is 0 Å². The maximum absolute atomic E-state index is 11.3. The lowest BCUT2D eigenvalue weighted by atomic mass is 9.82. The predicted molar refractivity (Wildman–Crippen MR) is 72.6 cm³/mol. The van der Waals surface area contributed by atoms with Gasteiger partial charge in [0.1, 0.15) is 6.04 Å². The third-order valence-corrected chi connectivity index (χ3v) is 4.81. The van der Waals surface area contributed by atoms with Crippen molar-refractivity contribution in [2.45, 2.75) is 76.8 Å². The van der Waals surface area contributed by atoms with E-state index in [-0.39, 0.29) is 6.04 Å². The van der Waals surface area contributed by atoms with Crippen molar-refractivity contribution >= 4 is 5.97 Å². The Morgan fingerprint density at radius 2 is 1.89 bits per heavy atom. The topological polar surface area (TPSA) is 40.5 Å². The third kappa shape index (κ3) is 3.25. The zero-order valence-electron chi connectivity index (χ0n) is 11.6. The SMILES string of the molecule is CCCC1CCC(N2CCCCC2C(=O)O)CC1. The minimum absolute atomic E-state index is 0.202. The summed E-state index contributed by atoms with van der Waals surface area (Å²) in [6, 6.07) is 0.339. The van der Waals surface area contributed by atoms with Crippen LogP contribution in [-0.2, 0) is 4.79 Å². The van der Waals surface area contributed by atoms with Crippen molar-refractivity contribution in [3.05, 3.63) is 0 Å². The van der Waals surface area contributed by atoms with Crippen LogP contribution in [0.4, 0.5) is 0 Å². The molecule has 0 aromatic heterocycles. The van der Waals surface area contributed by atoms with Crippen LogP contribution in [0, 0.1) is 5.92 Å². The fraction of sp³-hybridized carbons (Fsp3) is 0.933. The van der Waals surface area contributed by atoms with Crippen LogP contribution in [0.25, 0.3) is 0 Å². The van der Waals surface area contributed by atoms with Crippen LogP contribution in [0.1, 0.15) is 64.7 Å². The fourth-order valence-electron chi connectivity index (χ4n) is 3.83. The molecule has 18 heavy (non-hydrogen) atoms. The van der Waals surface area contributed by atoms with E-state index in [1.807, 2.05) is 0 Å². The first-order valence-electron chi connectivity index (χ1n) is 7.71. The minimum atomic E-state index is -0.606. The second kappa shape index (κ2) is 6.55. The van der Waals surface area contributed by atoms with Crippen LogP contribution in [0.2, 0.25) is 0 Å². The molecule has 1 aliphatic carbocycles. The van der Waals surface area contributed by atoms with Gasteiger partial charge < -0.3 is 5.11 Å². The smallest absolute Gasteiger partial charge is 0.320 e. The van der Waals surface area contributed by atoms with Crippen molar-refractivity contribution in [3.8, 4) is 0 Å². The molecule has 0 aromatic carbocycles. The van der Waals surface area contributed by atoms with E-state index in [9.17, 15) is 9.90 Å². The average molecular weight is 253 g/mol. The van der Waals surface area contributed by atoms with Crippen LogP contribution < -0.4 is 0 Å². The quantitative estimate of drug-likeness (QED) is 0.836. The number of carbonyl (C=O) groups is 1. The number of piperidine rings is 1. The predicted octanol–water partition coefficient (Wildman–Crippen LogP) is 3.28. The van der Waals surface area contributed by atoms with Crippen molar-refractivity contribution in [2.24, 2.45) is 5.92 Å². The van der Waals surface area contributed by atoms with E-state index in [1.165, 1.54) is 44.9 Å². The molecular formula is C15H27NO2. The number of rotatable bonds is 4. The Morgan fingerprint density at radius 1 is 1.17 bits per heavy atom. The summed E-state index contributed by atoms with van der Waals surface area (Å²) in [5, 5.41) is 9.33. The third-order valence-electron chi connectivity index (χ3n) is 4.81. The molecule has 3 nitrogen and oxygen atoms in total. The fourth-order valence-corrected chi connectivity index (χ4v) is 3.83. The van der Waals surface area contributed by atoms with Gasteiger partial charge in [-0.25, -0.2) is 0 Å². The molecule has 1 heterocycles. The Kier molecular flexibility index (Phi) is 5.04. The number of hydrogen-bond acceptors (Lipinski definition) is 2. The highest BCUT2D eigenvalue weighted by molar-refractivity contribution is 5.73. The van der Waals surface area contributed by atoms with Gasteiger partial charge in [-0.2, -0.15) is 0 Å². The van der Waals surface area contributed by atoms with Crippen LogP contribution in [-0.4, -0.2) is 34.6 Å². The molecule has 104 valence electrons. The summed E-state index contributed by atoms with van der Waals surface area (Å²) in [5.41, 5.74) is 0. The molecular weight excluding hydrogens is 226 g/mol. The van der Waals surface area contributed by atoms with Gasteiger partial charge in [0.05, 0.1) is 0 Å². The molecule has 1 atom stereocenters. The Bertz CT molecular complexity index is 272. The summed E-state index contributed by atoms with van der Waals surface area (Å²) in [5.74, 6) is 0.296. The number of carboxylic acids is 1. The van der Waals surface area contributed by atoms with Gasteiger partial charge in [0, 0.05) is 6.04 Å². The van der Waals surface area contributed by atoms with Crippen molar-refractivity contribution in [3.63, 3.8) is 0 Å². The summed E-state index contributed by atoms with van der Waals surface area (Å²) < 4.78 is 0. The Hall–Kier alpha value is -0.570. The molecule has 1 saturated carbocycles. The summed E-state index contributed by atoms with van der Waals surface area (Å²) in [6.07, 6.45) is 10.8. The first-order chi connectivity index (χ1) is 8.72. The molecule has 2 rings (SSSR count). The van der Waals surface area contributed by atoms with Gasteiger partial charge >= 0.3 is 5.97 Å². The second-order valence-electron chi connectivity index (χ2n) is 6.05. The highest BCUT2D eigenvalue weighted by Crippen LogP contribution is 2.33. The van der Waals surface area contributed by atoms with Crippen molar-refractivity contribution < 1.29 is 9.90 Å². The number of aliphatic carboxylic acids is 1. The van der Waals surface area contributed by atoms with Gasteiger partial charge in [0.25, 0.3) is 0 Å². The maximum atomic E-state index is 11.3. The van der Waals surface area contributed by atoms with Crippen molar-refractivity contribution in [1.82, 2.24) is 4.90 Å². The van der Waals surface area contributed by atoms with Gasteiger partial charge in [0.15, 0.2) is 0 Å².